The molecule has 0 saturated heterocycles. The Balaban J connectivity index is 1.86. The first-order valence-corrected chi connectivity index (χ1v) is 6.58. The molecular formula is C15H14N2O6. The molecule has 0 aliphatic carbocycles. The van der Waals surface area contributed by atoms with E-state index in [0.717, 1.165) is 0 Å². The molecule has 120 valence electrons. The van der Waals surface area contributed by atoms with Crippen LogP contribution in [0.1, 0.15) is 26.5 Å². The van der Waals surface area contributed by atoms with Gasteiger partial charge in [0.05, 0.1) is 18.2 Å². The zero-order valence-corrected chi connectivity index (χ0v) is 12.5. The van der Waals surface area contributed by atoms with Gasteiger partial charge < -0.3 is 19.3 Å². The van der Waals surface area contributed by atoms with E-state index in [0.29, 0.717) is 11.3 Å². The van der Waals surface area contributed by atoms with Crippen molar-refractivity contribution in [1.29, 1.82) is 0 Å². The molecule has 1 aromatic heterocycles. The Labute approximate surface area is 131 Å². The standard InChI is InChI=1S/C15H14N2O6/c1-9-7-12(17-23-9)16-13(18)8-22-15(20)11-5-3-10(4-6-11)14(19)21-2/h3-7H,8H2,1-2H3,(H,16,17,18). The Kier molecular flexibility index (Phi) is 5.08. The van der Waals surface area contributed by atoms with Crippen LogP contribution in [0.5, 0.6) is 0 Å². The van der Waals surface area contributed by atoms with E-state index in [1.807, 2.05) is 0 Å². The van der Waals surface area contributed by atoms with Crippen LogP contribution in [0.3, 0.4) is 0 Å². The van der Waals surface area contributed by atoms with Crippen LogP contribution >= 0.6 is 0 Å². The van der Waals surface area contributed by atoms with E-state index in [1.165, 1.54) is 37.4 Å². The summed E-state index contributed by atoms with van der Waals surface area (Å²) in [6, 6.07) is 7.22. The minimum atomic E-state index is -0.687. The van der Waals surface area contributed by atoms with Crippen LogP contribution < -0.4 is 5.32 Å². The van der Waals surface area contributed by atoms with Gasteiger partial charge in [0.15, 0.2) is 12.4 Å². The third-order valence-electron chi connectivity index (χ3n) is 2.77. The maximum absolute atomic E-state index is 11.8. The van der Waals surface area contributed by atoms with Crippen LogP contribution in [0.4, 0.5) is 5.82 Å². The topological polar surface area (TPSA) is 108 Å². The Hall–Kier alpha value is -3.16. The monoisotopic (exact) mass is 318 g/mol. The van der Waals surface area contributed by atoms with Crippen molar-refractivity contribution in [2.24, 2.45) is 0 Å². The van der Waals surface area contributed by atoms with Gasteiger partial charge in [-0.15, -0.1) is 0 Å². The number of methoxy groups -OCH3 is 1. The van der Waals surface area contributed by atoms with E-state index in [-0.39, 0.29) is 11.4 Å². The van der Waals surface area contributed by atoms with Crippen molar-refractivity contribution in [3.63, 3.8) is 0 Å². The molecule has 0 spiro atoms. The summed E-state index contributed by atoms with van der Waals surface area (Å²) < 4.78 is 14.2. The highest BCUT2D eigenvalue weighted by molar-refractivity contribution is 5.96. The van der Waals surface area contributed by atoms with Crippen molar-refractivity contribution in [2.45, 2.75) is 6.92 Å². The van der Waals surface area contributed by atoms with Crippen molar-refractivity contribution in [3.05, 3.63) is 47.2 Å². The average molecular weight is 318 g/mol. The number of amides is 1. The predicted octanol–water partition coefficient (Wildman–Crippen LogP) is 1.57. The lowest BCUT2D eigenvalue weighted by atomic mass is 10.1. The van der Waals surface area contributed by atoms with Crippen LogP contribution in [0, 0.1) is 6.92 Å². The number of benzene rings is 1. The fourth-order valence-electron chi connectivity index (χ4n) is 1.68. The number of ether oxygens (including phenoxy) is 2. The largest absolute Gasteiger partial charge is 0.465 e. The molecule has 0 aliphatic rings. The third-order valence-corrected chi connectivity index (χ3v) is 2.77. The van der Waals surface area contributed by atoms with E-state index in [2.05, 4.69) is 15.2 Å². The maximum Gasteiger partial charge on any atom is 0.338 e. The first-order chi connectivity index (χ1) is 11.0. The molecule has 2 aromatic rings. The Morgan fingerprint density at radius 1 is 1.13 bits per heavy atom. The van der Waals surface area contributed by atoms with E-state index < -0.39 is 24.5 Å². The molecule has 8 nitrogen and oxygen atoms in total. The summed E-state index contributed by atoms with van der Waals surface area (Å²) in [6.07, 6.45) is 0. The van der Waals surface area contributed by atoms with Crippen LogP contribution in [0.15, 0.2) is 34.9 Å². The molecule has 0 fully saturated rings. The first-order valence-electron chi connectivity index (χ1n) is 6.58. The number of hydrogen-bond donors (Lipinski definition) is 1. The predicted molar refractivity (Wildman–Crippen MR) is 77.9 cm³/mol. The van der Waals surface area contributed by atoms with Crippen molar-refractivity contribution in [1.82, 2.24) is 5.16 Å². The number of rotatable bonds is 5. The molecule has 1 N–H and O–H groups in total. The maximum atomic E-state index is 11.8. The fraction of sp³-hybridized carbons (Fsp3) is 0.200. The first kappa shape index (κ1) is 16.2. The van der Waals surface area contributed by atoms with Gasteiger partial charge in [-0.3, -0.25) is 4.79 Å². The van der Waals surface area contributed by atoms with Gasteiger partial charge >= 0.3 is 11.9 Å². The summed E-state index contributed by atoms with van der Waals surface area (Å²) in [5.74, 6) is -0.952. The Morgan fingerprint density at radius 2 is 1.74 bits per heavy atom. The minimum absolute atomic E-state index is 0.211. The molecule has 1 heterocycles. The molecule has 1 aromatic carbocycles. The number of nitrogens with zero attached hydrogens (tertiary/aromatic N) is 1. The summed E-state index contributed by atoms with van der Waals surface area (Å²) in [7, 11) is 1.26. The third kappa shape index (κ3) is 4.40. The minimum Gasteiger partial charge on any atom is -0.465 e. The lowest BCUT2D eigenvalue weighted by Crippen LogP contribution is -2.21. The van der Waals surface area contributed by atoms with Crippen molar-refractivity contribution in [3.8, 4) is 0 Å². The van der Waals surface area contributed by atoms with Gasteiger partial charge in [-0.25, -0.2) is 9.59 Å². The molecular weight excluding hydrogens is 304 g/mol. The van der Waals surface area contributed by atoms with Gasteiger partial charge in [0.2, 0.25) is 0 Å². The SMILES string of the molecule is COC(=O)c1ccc(C(=O)OCC(=O)Nc2cc(C)on2)cc1. The van der Waals surface area contributed by atoms with Crippen LogP contribution in [-0.4, -0.2) is 36.7 Å². The van der Waals surface area contributed by atoms with Crippen LogP contribution in [0.25, 0.3) is 0 Å². The number of nitrogens with one attached hydrogen (secondary N) is 1. The highest BCUT2D eigenvalue weighted by Crippen LogP contribution is 2.08. The van der Waals surface area contributed by atoms with Gasteiger partial charge in [-0.05, 0) is 31.2 Å². The lowest BCUT2D eigenvalue weighted by Gasteiger charge is -2.05. The van der Waals surface area contributed by atoms with Crippen LogP contribution in [-0.2, 0) is 14.3 Å². The van der Waals surface area contributed by atoms with Crippen molar-refractivity contribution < 1.29 is 28.4 Å². The summed E-state index contributed by atoms with van der Waals surface area (Å²) in [6.45, 7) is 1.21. The molecule has 0 radical (unpaired) electrons. The molecule has 8 heteroatoms. The van der Waals surface area contributed by atoms with Crippen molar-refractivity contribution in [2.75, 3.05) is 19.0 Å². The van der Waals surface area contributed by atoms with Gasteiger partial charge in [0.25, 0.3) is 5.91 Å². The molecule has 0 unspecified atom stereocenters. The number of esters is 2. The average Bonchev–Trinajstić information content (AvgIpc) is 2.96. The molecule has 0 saturated carbocycles. The molecule has 23 heavy (non-hydrogen) atoms. The van der Waals surface area contributed by atoms with E-state index in [4.69, 9.17) is 9.26 Å². The van der Waals surface area contributed by atoms with Gasteiger partial charge in [0, 0.05) is 6.07 Å². The van der Waals surface area contributed by atoms with Gasteiger partial charge in [-0.1, -0.05) is 5.16 Å². The number of hydrogen-bond acceptors (Lipinski definition) is 7. The normalized spacial score (nSPS) is 10.0. The lowest BCUT2D eigenvalue weighted by molar-refractivity contribution is -0.119. The van der Waals surface area contributed by atoms with Crippen molar-refractivity contribution >= 4 is 23.7 Å². The van der Waals surface area contributed by atoms with Crippen LogP contribution in [0.2, 0.25) is 0 Å². The zero-order valence-electron chi connectivity index (χ0n) is 12.5. The fourth-order valence-corrected chi connectivity index (χ4v) is 1.68. The number of aryl methyl sites for hydroxylation is 1. The van der Waals surface area contributed by atoms with E-state index in [1.54, 1.807) is 6.92 Å². The highest BCUT2D eigenvalue weighted by atomic mass is 16.5. The molecule has 2 rings (SSSR count). The number of carbonyl (C=O) groups is 3. The molecule has 0 bridgehead atoms. The summed E-state index contributed by atoms with van der Waals surface area (Å²) in [5, 5.41) is 6.00. The van der Waals surface area contributed by atoms with Gasteiger partial charge in [0.1, 0.15) is 5.76 Å². The Morgan fingerprint density at radius 3 is 2.26 bits per heavy atom. The summed E-state index contributed by atoms with van der Waals surface area (Å²) in [4.78, 5) is 34.7. The summed E-state index contributed by atoms with van der Waals surface area (Å²) >= 11 is 0. The number of anilines is 1. The van der Waals surface area contributed by atoms with Gasteiger partial charge in [-0.2, -0.15) is 0 Å². The number of aromatic nitrogens is 1. The Bertz CT molecular complexity index is 720. The smallest absolute Gasteiger partial charge is 0.338 e. The second-order valence-electron chi connectivity index (χ2n) is 4.52. The molecule has 0 atom stereocenters. The summed E-state index contributed by atoms with van der Waals surface area (Å²) in [5.41, 5.74) is 0.519. The second-order valence-corrected chi connectivity index (χ2v) is 4.52. The highest BCUT2D eigenvalue weighted by Gasteiger charge is 2.13. The number of carbonyl (C=O) groups excluding carboxylic acids is 3. The zero-order chi connectivity index (χ0) is 16.8. The molecule has 1 amide bonds. The quantitative estimate of drug-likeness (QED) is 0.833. The molecule has 0 aliphatic heterocycles. The van der Waals surface area contributed by atoms with E-state index >= 15 is 0 Å². The van der Waals surface area contributed by atoms with E-state index in [9.17, 15) is 14.4 Å². The second kappa shape index (κ2) is 7.21.